The van der Waals surface area contributed by atoms with Crippen LogP contribution in [-0.2, 0) is 17.6 Å². The molecule has 0 saturated carbocycles. The van der Waals surface area contributed by atoms with Crippen LogP contribution in [0.15, 0.2) is 6.33 Å². The van der Waals surface area contributed by atoms with E-state index < -0.39 is 0 Å². The van der Waals surface area contributed by atoms with Crippen molar-refractivity contribution in [2.75, 3.05) is 26.3 Å². The quantitative estimate of drug-likeness (QED) is 0.816. The van der Waals surface area contributed by atoms with Crippen molar-refractivity contribution in [3.8, 4) is 5.00 Å². The maximum atomic E-state index is 12.9. The Bertz CT molecular complexity index is 660. The Labute approximate surface area is 125 Å². The number of aromatic nitrogens is 4. The average molecular weight is 305 g/mol. The monoisotopic (exact) mass is 305 g/mol. The number of fused-ring (bicyclic) bond motifs is 1. The van der Waals surface area contributed by atoms with Crippen LogP contribution in [0.3, 0.4) is 0 Å². The van der Waals surface area contributed by atoms with Gasteiger partial charge in [-0.25, -0.2) is 0 Å². The topological polar surface area (TPSA) is 73.1 Å². The third kappa shape index (κ3) is 2.14. The lowest BCUT2D eigenvalue weighted by atomic mass is 10.1. The molecule has 1 aliphatic carbocycles. The number of nitrogens with zero attached hydrogens (tertiary/aromatic N) is 5. The van der Waals surface area contributed by atoms with Gasteiger partial charge in [0.25, 0.3) is 5.91 Å². The zero-order chi connectivity index (χ0) is 14.2. The van der Waals surface area contributed by atoms with Crippen molar-refractivity contribution >= 4 is 17.2 Å². The molecule has 3 heterocycles. The molecule has 1 aliphatic heterocycles. The Kier molecular flexibility index (Phi) is 3.19. The van der Waals surface area contributed by atoms with Crippen LogP contribution in [0.25, 0.3) is 5.00 Å². The highest BCUT2D eigenvalue weighted by atomic mass is 32.1. The van der Waals surface area contributed by atoms with Gasteiger partial charge in [-0.05, 0) is 35.3 Å². The van der Waals surface area contributed by atoms with E-state index >= 15 is 0 Å². The molecule has 1 fully saturated rings. The molecule has 0 N–H and O–H groups in total. The van der Waals surface area contributed by atoms with E-state index in [9.17, 15) is 4.79 Å². The highest BCUT2D eigenvalue weighted by Crippen LogP contribution is 2.38. The largest absolute Gasteiger partial charge is 0.378 e. The molecule has 0 unspecified atom stereocenters. The van der Waals surface area contributed by atoms with Crippen LogP contribution in [0.2, 0.25) is 0 Å². The molecule has 110 valence electrons. The van der Waals surface area contributed by atoms with Crippen molar-refractivity contribution in [3.05, 3.63) is 22.3 Å². The summed E-state index contributed by atoms with van der Waals surface area (Å²) in [6.45, 7) is 2.52. The molecule has 2 aliphatic rings. The Morgan fingerprint density at radius 1 is 1.29 bits per heavy atom. The predicted molar refractivity (Wildman–Crippen MR) is 75.8 cm³/mol. The summed E-state index contributed by atoms with van der Waals surface area (Å²) in [6.07, 6.45) is 4.70. The summed E-state index contributed by atoms with van der Waals surface area (Å²) in [5.41, 5.74) is 1.99. The first-order chi connectivity index (χ1) is 10.3. The van der Waals surface area contributed by atoms with Crippen LogP contribution in [0.4, 0.5) is 0 Å². The maximum Gasteiger partial charge on any atom is 0.257 e. The summed E-state index contributed by atoms with van der Waals surface area (Å²) < 4.78 is 6.94. The number of aryl methyl sites for hydroxylation is 1. The lowest BCUT2D eigenvalue weighted by molar-refractivity contribution is 0.0302. The first-order valence-electron chi connectivity index (χ1n) is 7.09. The van der Waals surface area contributed by atoms with Gasteiger partial charge in [-0.1, -0.05) is 0 Å². The zero-order valence-electron chi connectivity index (χ0n) is 11.5. The van der Waals surface area contributed by atoms with Crippen molar-refractivity contribution in [2.45, 2.75) is 19.3 Å². The summed E-state index contributed by atoms with van der Waals surface area (Å²) in [7, 11) is 0. The SMILES string of the molecule is O=C(c1c(-n2cnnn2)sc2c1CCC2)N1CCOCC1. The van der Waals surface area contributed by atoms with Crippen LogP contribution >= 0.6 is 11.3 Å². The second kappa shape index (κ2) is 5.19. The third-order valence-electron chi connectivity index (χ3n) is 3.97. The minimum Gasteiger partial charge on any atom is -0.378 e. The number of thiophene rings is 1. The number of ether oxygens (including phenoxy) is 1. The van der Waals surface area contributed by atoms with E-state index in [0.717, 1.165) is 29.8 Å². The van der Waals surface area contributed by atoms with Crippen molar-refractivity contribution < 1.29 is 9.53 Å². The van der Waals surface area contributed by atoms with Gasteiger partial charge >= 0.3 is 0 Å². The molecular formula is C13H15N5O2S. The first-order valence-corrected chi connectivity index (χ1v) is 7.91. The molecule has 8 heteroatoms. The summed E-state index contributed by atoms with van der Waals surface area (Å²) in [5.74, 6) is 0.0863. The third-order valence-corrected chi connectivity index (χ3v) is 5.25. The number of carbonyl (C=O) groups excluding carboxylic acids is 1. The van der Waals surface area contributed by atoms with E-state index in [2.05, 4.69) is 15.5 Å². The second-order valence-electron chi connectivity index (χ2n) is 5.20. The van der Waals surface area contributed by atoms with Crippen LogP contribution in [0.1, 0.15) is 27.2 Å². The molecule has 2 aromatic heterocycles. The van der Waals surface area contributed by atoms with Crippen molar-refractivity contribution in [3.63, 3.8) is 0 Å². The van der Waals surface area contributed by atoms with Crippen LogP contribution < -0.4 is 0 Å². The van der Waals surface area contributed by atoms with Gasteiger partial charge in [0.1, 0.15) is 11.3 Å². The Hall–Kier alpha value is -1.80. The zero-order valence-corrected chi connectivity index (χ0v) is 12.3. The molecule has 7 nitrogen and oxygen atoms in total. The predicted octanol–water partition coefficient (Wildman–Crippen LogP) is 0.685. The van der Waals surface area contributed by atoms with Crippen molar-refractivity contribution in [2.24, 2.45) is 0 Å². The highest BCUT2D eigenvalue weighted by molar-refractivity contribution is 7.15. The minimum atomic E-state index is 0.0863. The van der Waals surface area contributed by atoms with Gasteiger partial charge in [0.2, 0.25) is 0 Å². The van der Waals surface area contributed by atoms with Gasteiger partial charge in [0, 0.05) is 18.0 Å². The van der Waals surface area contributed by atoms with E-state index in [1.165, 1.54) is 10.4 Å². The molecule has 0 bridgehead atoms. The van der Waals surface area contributed by atoms with E-state index in [1.807, 2.05) is 4.90 Å². The van der Waals surface area contributed by atoms with Crippen LogP contribution in [-0.4, -0.2) is 57.3 Å². The fourth-order valence-corrected chi connectivity index (χ4v) is 4.25. The molecule has 21 heavy (non-hydrogen) atoms. The van der Waals surface area contributed by atoms with E-state index in [-0.39, 0.29) is 5.91 Å². The van der Waals surface area contributed by atoms with Gasteiger partial charge in [-0.15, -0.1) is 16.4 Å². The van der Waals surface area contributed by atoms with Gasteiger partial charge in [0.15, 0.2) is 0 Å². The maximum absolute atomic E-state index is 12.9. The highest BCUT2D eigenvalue weighted by Gasteiger charge is 2.31. The second-order valence-corrected chi connectivity index (χ2v) is 6.28. The van der Waals surface area contributed by atoms with Gasteiger partial charge in [-0.2, -0.15) is 4.68 Å². The van der Waals surface area contributed by atoms with Gasteiger partial charge in [0.05, 0.1) is 18.8 Å². The van der Waals surface area contributed by atoms with Crippen molar-refractivity contribution in [1.29, 1.82) is 0 Å². The smallest absolute Gasteiger partial charge is 0.257 e. The van der Waals surface area contributed by atoms with E-state index in [1.54, 1.807) is 22.3 Å². The molecule has 1 amide bonds. The van der Waals surface area contributed by atoms with Gasteiger partial charge < -0.3 is 9.64 Å². The summed E-state index contributed by atoms with van der Waals surface area (Å²) in [5, 5.41) is 12.2. The molecule has 0 aromatic carbocycles. The lowest BCUT2D eigenvalue weighted by Crippen LogP contribution is -2.41. The van der Waals surface area contributed by atoms with E-state index in [4.69, 9.17) is 4.74 Å². The number of hydrogen-bond acceptors (Lipinski definition) is 6. The van der Waals surface area contributed by atoms with Gasteiger partial charge in [-0.3, -0.25) is 4.79 Å². The first kappa shape index (κ1) is 12.9. The standard InChI is InChI=1S/C13H15N5O2S/c19-12(17-4-6-20-7-5-17)11-9-2-1-3-10(9)21-13(11)18-8-14-15-16-18/h8H,1-7H2. The number of rotatable bonds is 2. The van der Waals surface area contributed by atoms with E-state index in [0.29, 0.717) is 26.3 Å². The molecule has 0 atom stereocenters. The summed E-state index contributed by atoms with van der Waals surface area (Å²) >= 11 is 1.64. The molecular weight excluding hydrogens is 290 g/mol. The number of tetrazole rings is 1. The Morgan fingerprint density at radius 2 is 2.14 bits per heavy atom. The average Bonchev–Trinajstić information content (AvgIpc) is 3.23. The lowest BCUT2D eigenvalue weighted by Gasteiger charge is -2.27. The molecule has 1 saturated heterocycles. The number of carbonyl (C=O) groups is 1. The minimum absolute atomic E-state index is 0.0863. The fourth-order valence-electron chi connectivity index (χ4n) is 2.95. The van der Waals surface area contributed by atoms with Crippen molar-refractivity contribution in [1.82, 2.24) is 25.1 Å². The fraction of sp³-hybridized carbons (Fsp3) is 0.538. The number of hydrogen-bond donors (Lipinski definition) is 0. The number of morpholine rings is 1. The molecule has 0 radical (unpaired) electrons. The molecule has 2 aromatic rings. The van der Waals surface area contributed by atoms with Crippen LogP contribution in [0, 0.1) is 0 Å². The number of amides is 1. The summed E-state index contributed by atoms with van der Waals surface area (Å²) in [4.78, 5) is 16.1. The summed E-state index contributed by atoms with van der Waals surface area (Å²) in [6, 6.07) is 0. The van der Waals surface area contributed by atoms with Crippen LogP contribution in [0.5, 0.6) is 0 Å². The molecule has 4 rings (SSSR count). The molecule has 0 spiro atoms. The Balaban J connectivity index is 1.77. The Morgan fingerprint density at radius 3 is 2.90 bits per heavy atom. The normalized spacial score (nSPS) is 18.0.